The van der Waals surface area contributed by atoms with E-state index in [0.717, 1.165) is 11.3 Å². The fourth-order valence-corrected chi connectivity index (χ4v) is 2.48. The Labute approximate surface area is 158 Å². The third-order valence-electron chi connectivity index (χ3n) is 4.39. The van der Waals surface area contributed by atoms with Crippen molar-refractivity contribution in [1.82, 2.24) is 10.6 Å². The molecule has 0 saturated heterocycles. The summed E-state index contributed by atoms with van der Waals surface area (Å²) in [6.45, 7) is 3.70. The van der Waals surface area contributed by atoms with E-state index in [0.29, 0.717) is 18.5 Å². The number of rotatable bonds is 8. The topological polar surface area (TPSA) is 67.4 Å². The summed E-state index contributed by atoms with van der Waals surface area (Å²) in [5.74, 6) is -0.337. The molecule has 0 unspecified atom stereocenters. The smallest absolute Gasteiger partial charge is 0.235 e. The zero-order valence-corrected chi connectivity index (χ0v) is 15.8. The molecule has 144 valence electrons. The molecule has 2 amide bonds. The summed E-state index contributed by atoms with van der Waals surface area (Å²) in [6.07, 6.45) is 0.363. The van der Waals surface area contributed by atoms with Crippen LogP contribution >= 0.6 is 0 Å². The number of carbonyl (C=O) groups is 2. The van der Waals surface area contributed by atoms with Crippen molar-refractivity contribution in [3.05, 3.63) is 65.5 Å². The van der Waals surface area contributed by atoms with Crippen molar-refractivity contribution < 1.29 is 18.7 Å². The van der Waals surface area contributed by atoms with Crippen molar-refractivity contribution in [3.8, 4) is 5.75 Å². The van der Waals surface area contributed by atoms with Crippen molar-refractivity contribution in [3.63, 3.8) is 0 Å². The summed E-state index contributed by atoms with van der Waals surface area (Å²) >= 11 is 0. The zero-order chi connectivity index (χ0) is 19.9. The highest BCUT2D eigenvalue weighted by atomic mass is 19.1. The molecule has 2 aromatic rings. The molecule has 0 aromatic heterocycles. The Balaban J connectivity index is 1.84. The standard InChI is InChI=1S/C21H25FN2O3/c1-21(2,19(25)23-13-12-16-6-4-5-7-18(16)22)20(26)24-14-15-8-10-17(27-3)11-9-15/h4-11H,12-14H2,1-3H3,(H,23,25)(H,24,26). The van der Waals surface area contributed by atoms with Crippen LogP contribution in [0.15, 0.2) is 48.5 Å². The molecule has 2 aromatic carbocycles. The fraction of sp³-hybridized carbons (Fsp3) is 0.333. The third-order valence-corrected chi connectivity index (χ3v) is 4.39. The van der Waals surface area contributed by atoms with Gasteiger partial charge in [-0.15, -0.1) is 0 Å². The first-order valence-corrected chi connectivity index (χ1v) is 8.77. The maximum atomic E-state index is 13.6. The summed E-state index contributed by atoms with van der Waals surface area (Å²) in [4.78, 5) is 24.8. The molecule has 6 heteroatoms. The van der Waals surface area contributed by atoms with Crippen LogP contribution in [0.5, 0.6) is 5.75 Å². The van der Waals surface area contributed by atoms with Crippen molar-refractivity contribution >= 4 is 11.8 Å². The lowest BCUT2D eigenvalue weighted by Gasteiger charge is -2.23. The van der Waals surface area contributed by atoms with Crippen LogP contribution in [0.1, 0.15) is 25.0 Å². The van der Waals surface area contributed by atoms with Gasteiger partial charge in [-0.05, 0) is 49.6 Å². The predicted octanol–water partition coefficient (Wildman–Crippen LogP) is 2.84. The number of benzene rings is 2. The minimum absolute atomic E-state index is 0.259. The van der Waals surface area contributed by atoms with Gasteiger partial charge in [0.2, 0.25) is 11.8 Å². The molecule has 0 aliphatic carbocycles. The van der Waals surface area contributed by atoms with Crippen molar-refractivity contribution in [2.24, 2.45) is 5.41 Å². The van der Waals surface area contributed by atoms with Gasteiger partial charge in [0, 0.05) is 13.1 Å². The van der Waals surface area contributed by atoms with E-state index >= 15 is 0 Å². The van der Waals surface area contributed by atoms with Crippen molar-refractivity contribution in [2.45, 2.75) is 26.8 Å². The van der Waals surface area contributed by atoms with Gasteiger partial charge in [0.05, 0.1) is 7.11 Å². The van der Waals surface area contributed by atoms with E-state index in [1.807, 2.05) is 24.3 Å². The van der Waals surface area contributed by atoms with Crippen molar-refractivity contribution in [1.29, 1.82) is 0 Å². The lowest BCUT2D eigenvalue weighted by Crippen LogP contribution is -2.48. The average molecular weight is 372 g/mol. The van der Waals surface area contributed by atoms with E-state index in [1.165, 1.54) is 6.07 Å². The van der Waals surface area contributed by atoms with Crippen molar-refractivity contribution in [2.75, 3.05) is 13.7 Å². The van der Waals surface area contributed by atoms with E-state index in [1.54, 1.807) is 39.2 Å². The van der Waals surface area contributed by atoms with Crippen LogP contribution in [0, 0.1) is 11.2 Å². The van der Waals surface area contributed by atoms with E-state index < -0.39 is 11.3 Å². The Morgan fingerprint density at radius 2 is 1.63 bits per heavy atom. The molecular formula is C21H25FN2O3. The first-order chi connectivity index (χ1) is 12.8. The number of ether oxygens (including phenoxy) is 1. The van der Waals surface area contributed by atoms with Crippen LogP contribution < -0.4 is 15.4 Å². The monoisotopic (exact) mass is 372 g/mol. The molecule has 0 heterocycles. The minimum Gasteiger partial charge on any atom is -0.497 e. The lowest BCUT2D eigenvalue weighted by atomic mass is 9.91. The SMILES string of the molecule is COc1ccc(CNC(=O)C(C)(C)C(=O)NCCc2ccccc2F)cc1. The van der Waals surface area contributed by atoms with E-state index in [4.69, 9.17) is 4.74 Å². The number of methoxy groups -OCH3 is 1. The van der Waals surface area contributed by atoms with Gasteiger partial charge in [-0.2, -0.15) is 0 Å². The number of hydrogen-bond donors (Lipinski definition) is 2. The first-order valence-electron chi connectivity index (χ1n) is 8.77. The Hall–Kier alpha value is -2.89. The Morgan fingerprint density at radius 3 is 2.26 bits per heavy atom. The van der Waals surface area contributed by atoms with Crippen LogP contribution in [0.2, 0.25) is 0 Å². The van der Waals surface area contributed by atoms with E-state index in [9.17, 15) is 14.0 Å². The maximum absolute atomic E-state index is 13.6. The summed E-state index contributed by atoms with van der Waals surface area (Å²) in [5.41, 5.74) is 0.196. The van der Waals surface area contributed by atoms with Gasteiger partial charge in [0.1, 0.15) is 17.0 Å². The molecule has 0 saturated carbocycles. The molecule has 5 nitrogen and oxygen atoms in total. The van der Waals surface area contributed by atoms with Gasteiger partial charge >= 0.3 is 0 Å². The van der Waals surface area contributed by atoms with Crippen LogP contribution in [-0.4, -0.2) is 25.5 Å². The predicted molar refractivity (Wildman–Crippen MR) is 102 cm³/mol. The second kappa shape index (κ2) is 9.16. The Bertz CT molecular complexity index is 788. The first kappa shape index (κ1) is 20.4. The molecule has 0 spiro atoms. The molecule has 0 atom stereocenters. The molecule has 0 aliphatic heterocycles. The highest BCUT2D eigenvalue weighted by Gasteiger charge is 2.35. The molecule has 0 bridgehead atoms. The summed E-state index contributed by atoms with van der Waals surface area (Å²) in [5, 5.41) is 5.48. The van der Waals surface area contributed by atoms with Crippen LogP contribution in [0.3, 0.4) is 0 Å². The van der Waals surface area contributed by atoms with Gasteiger partial charge in [-0.1, -0.05) is 30.3 Å². The average Bonchev–Trinajstić information content (AvgIpc) is 2.67. The van der Waals surface area contributed by atoms with Crippen LogP contribution in [-0.2, 0) is 22.6 Å². The molecule has 0 radical (unpaired) electrons. The van der Waals surface area contributed by atoms with Gasteiger partial charge in [-0.3, -0.25) is 9.59 Å². The van der Waals surface area contributed by atoms with Crippen LogP contribution in [0.25, 0.3) is 0 Å². The van der Waals surface area contributed by atoms with Gasteiger partial charge in [-0.25, -0.2) is 4.39 Å². The fourth-order valence-electron chi connectivity index (χ4n) is 2.48. The molecular weight excluding hydrogens is 347 g/mol. The minimum atomic E-state index is -1.23. The molecule has 27 heavy (non-hydrogen) atoms. The zero-order valence-electron chi connectivity index (χ0n) is 15.8. The highest BCUT2D eigenvalue weighted by Crippen LogP contribution is 2.17. The Morgan fingerprint density at radius 1 is 1.00 bits per heavy atom. The lowest BCUT2D eigenvalue weighted by molar-refractivity contribution is -0.141. The maximum Gasteiger partial charge on any atom is 0.235 e. The number of amides is 2. The van der Waals surface area contributed by atoms with Gasteiger partial charge in [0.25, 0.3) is 0 Å². The van der Waals surface area contributed by atoms with Crippen LogP contribution in [0.4, 0.5) is 4.39 Å². The number of nitrogens with one attached hydrogen (secondary N) is 2. The van der Waals surface area contributed by atoms with Gasteiger partial charge < -0.3 is 15.4 Å². The second-order valence-electron chi connectivity index (χ2n) is 6.75. The Kier molecular flexibility index (Phi) is 6.93. The van der Waals surface area contributed by atoms with E-state index in [-0.39, 0.29) is 18.3 Å². The molecule has 0 aliphatic rings. The highest BCUT2D eigenvalue weighted by molar-refractivity contribution is 6.04. The molecule has 2 N–H and O–H groups in total. The summed E-state index contributed by atoms with van der Waals surface area (Å²) in [6, 6.07) is 13.7. The number of halogens is 1. The largest absolute Gasteiger partial charge is 0.497 e. The van der Waals surface area contributed by atoms with Gasteiger partial charge in [0.15, 0.2) is 0 Å². The third kappa shape index (κ3) is 5.54. The summed E-state index contributed by atoms with van der Waals surface area (Å²) < 4.78 is 18.7. The second-order valence-corrected chi connectivity index (χ2v) is 6.75. The summed E-state index contributed by atoms with van der Waals surface area (Å²) in [7, 11) is 1.59. The number of carbonyl (C=O) groups excluding carboxylic acids is 2. The normalized spacial score (nSPS) is 11.0. The molecule has 0 fully saturated rings. The van der Waals surface area contributed by atoms with E-state index in [2.05, 4.69) is 10.6 Å². The quantitative estimate of drug-likeness (QED) is 0.700. The molecule has 2 rings (SSSR count). The number of hydrogen-bond acceptors (Lipinski definition) is 3.